The van der Waals surface area contributed by atoms with E-state index >= 15 is 0 Å². The predicted molar refractivity (Wildman–Crippen MR) is 105 cm³/mol. The number of fused-ring (bicyclic) bond motifs is 1. The first-order valence-corrected chi connectivity index (χ1v) is 8.65. The number of hydrogen-bond acceptors (Lipinski definition) is 6. The van der Waals surface area contributed by atoms with Crippen LogP contribution in [-0.4, -0.2) is 21.7 Å². The summed E-state index contributed by atoms with van der Waals surface area (Å²) in [6, 6.07) is 11.3. The molecule has 27 heavy (non-hydrogen) atoms. The number of nitro groups is 1. The van der Waals surface area contributed by atoms with Crippen LogP contribution in [0.4, 0.5) is 16.5 Å². The molecule has 0 radical (unpaired) electrons. The van der Waals surface area contributed by atoms with E-state index in [4.69, 9.17) is 0 Å². The third-order valence-corrected chi connectivity index (χ3v) is 4.42. The minimum Gasteiger partial charge on any atom is -0.322 e. The second-order valence-corrected chi connectivity index (χ2v) is 6.55. The van der Waals surface area contributed by atoms with Crippen LogP contribution in [0.3, 0.4) is 0 Å². The van der Waals surface area contributed by atoms with Gasteiger partial charge in [-0.15, -0.1) is 0 Å². The van der Waals surface area contributed by atoms with Crippen molar-refractivity contribution in [3.8, 4) is 0 Å². The molecule has 136 valence electrons. The summed E-state index contributed by atoms with van der Waals surface area (Å²) in [6.07, 6.45) is 2.63. The molecule has 1 aromatic heterocycles. The number of aromatic nitrogens is 1. The van der Waals surface area contributed by atoms with Gasteiger partial charge in [-0.3, -0.25) is 19.7 Å². The van der Waals surface area contributed by atoms with E-state index in [2.05, 4.69) is 15.6 Å². The number of benzene rings is 2. The normalized spacial score (nSPS) is 10.9. The fourth-order valence-corrected chi connectivity index (χ4v) is 3.30. The Kier molecular flexibility index (Phi) is 5.23. The van der Waals surface area contributed by atoms with E-state index < -0.39 is 10.8 Å². The van der Waals surface area contributed by atoms with Crippen molar-refractivity contribution < 1.29 is 14.5 Å². The maximum absolute atomic E-state index is 12.1. The fraction of sp³-hybridized carbons (Fsp3) is 0.0556. The molecule has 8 nitrogen and oxygen atoms in total. The molecule has 2 N–H and O–H groups in total. The molecule has 0 fully saturated rings. The first kappa shape index (κ1) is 18.2. The van der Waals surface area contributed by atoms with Gasteiger partial charge in [-0.2, -0.15) is 0 Å². The number of carbonyl (C=O) groups is 2. The van der Waals surface area contributed by atoms with E-state index in [9.17, 15) is 19.7 Å². The minimum atomic E-state index is -0.498. The summed E-state index contributed by atoms with van der Waals surface area (Å²) < 4.78 is 0.805. The van der Waals surface area contributed by atoms with Gasteiger partial charge in [0.2, 0.25) is 11.8 Å². The highest BCUT2D eigenvalue weighted by Crippen LogP contribution is 2.28. The molecule has 2 amide bonds. The number of nitrogens with one attached hydrogen (secondary N) is 2. The van der Waals surface area contributed by atoms with Crippen LogP contribution < -0.4 is 10.6 Å². The van der Waals surface area contributed by atoms with Crippen LogP contribution in [-0.2, 0) is 9.59 Å². The Balaban J connectivity index is 1.74. The molecule has 0 atom stereocenters. The first-order valence-electron chi connectivity index (χ1n) is 7.83. The Morgan fingerprint density at radius 3 is 2.70 bits per heavy atom. The number of hydrogen-bond donors (Lipinski definition) is 2. The van der Waals surface area contributed by atoms with Crippen LogP contribution in [0.5, 0.6) is 0 Å². The lowest BCUT2D eigenvalue weighted by Crippen LogP contribution is -2.07. The molecule has 0 aliphatic heterocycles. The smallest absolute Gasteiger partial charge is 0.276 e. The molecule has 0 spiro atoms. The van der Waals surface area contributed by atoms with Crippen LogP contribution in [0, 0.1) is 10.1 Å². The van der Waals surface area contributed by atoms with Gasteiger partial charge in [0, 0.05) is 24.8 Å². The summed E-state index contributed by atoms with van der Waals surface area (Å²) in [5.74, 6) is -0.623. The van der Waals surface area contributed by atoms with Gasteiger partial charge in [-0.05, 0) is 30.3 Å². The van der Waals surface area contributed by atoms with Crippen LogP contribution in [0.2, 0.25) is 0 Å². The Morgan fingerprint density at radius 2 is 1.96 bits per heavy atom. The summed E-state index contributed by atoms with van der Waals surface area (Å²) in [5, 5.41) is 16.8. The molecule has 0 saturated heterocycles. The molecule has 2 aromatic carbocycles. The van der Waals surface area contributed by atoms with E-state index in [1.54, 1.807) is 36.4 Å². The Labute approximate surface area is 157 Å². The van der Waals surface area contributed by atoms with Crippen molar-refractivity contribution >= 4 is 56.0 Å². The predicted octanol–water partition coefficient (Wildman–Crippen LogP) is 3.81. The van der Waals surface area contributed by atoms with Crippen molar-refractivity contribution in [3.63, 3.8) is 0 Å². The minimum absolute atomic E-state index is 0.0712. The van der Waals surface area contributed by atoms with Gasteiger partial charge in [0.1, 0.15) is 0 Å². The van der Waals surface area contributed by atoms with Crippen molar-refractivity contribution in [1.29, 1.82) is 0 Å². The SMILES string of the molecule is CC(=O)Nc1nc2ccc(NC(=O)/C=C/c3ccccc3[N+](=O)[O-])cc2s1. The molecule has 0 aliphatic carbocycles. The Hall–Kier alpha value is -3.59. The second-order valence-electron chi connectivity index (χ2n) is 5.52. The lowest BCUT2D eigenvalue weighted by Gasteiger charge is -2.02. The standard InChI is InChI=1S/C18H14N4O4S/c1-11(23)19-18-21-14-8-7-13(10-16(14)27-18)20-17(24)9-6-12-4-2-3-5-15(12)22(25)26/h2-10H,1H3,(H,20,24)(H,19,21,23)/b9-6+. The molecule has 0 unspecified atom stereocenters. The third-order valence-electron chi connectivity index (χ3n) is 3.49. The number of amides is 2. The van der Waals surface area contributed by atoms with Gasteiger partial charge in [0.15, 0.2) is 5.13 Å². The number of nitro benzene ring substituents is 1. The van der Waals surface area contributed by atoms with Crippen LogP contribution in [0.25, 0.3) is 16.3 Å². The number of thiazole rings is 1. The Morgan fingerprint density at radius 1 is 1.19 bits per heavy atom. The highest BCUT2D eigenvalue weighted by atomic mass is 32.1. The Bertz CT molecular complexity index is 1070. The van der Waals surface area contributed by atoms with Crippen molar-refractivity contribution in [2.45, 2.75) is 6.92 Å². The van der Waals surface area contributed by atoms with Crippen LogP contribution >= 0.6 is 11.3 Å². The summed E-state index contributed by atoms with van der Waals surface area (Å²) >= 11 is 1.29. The summed E-state index contributed by atoms with van der Waals surface area (Å²) in [6.45, 7) is 1.40. The second kappa shape index (κ2) is 7.75. The highest BCUT2D eigenvalue weighted by Gasteiger charge is 2.10. The number of carbonyl (C=O) groups excluding carboxylic acids is 2. The van der Waals surface area contributed by atoms with Crippen molar-refractivity contribution in [3.05, 3.63) is 64.2 Å². The van der Waals surface area contributed by atoms with Crippen LogP contribution in [0.15, 0.2) is 48.5 Å². The lowest BCUT2D eigenvalue weighted by molar-refractivity contribution is -0.385. The maximum Gasteiger partial charge on any atom is 0.276 e. The summed E-state index contributed by atoms with van der Waals surface area (Å²) in [5.41, 5.74) is 1.53. The molecule has 3 aromatic rings. The number of para-hydroxylation sites is 1. The van der Waals surface area contributed by atoms with Gasteiger partial charge < -0.3 is 10.6 Å². The molecule has 1 heterocycles. The maximum atomic E-state index is 12.1. The molecular weight excluding hydrogens is 368 g/mol. The van der Waals surface area contributed by atoms with E-state index in [1.807, 2.05) is 0 Å². The zero-order valence-electron chi connectivity index (χ0n) is 14.1. The first-order chi connectivity index (χ1) is 12.9. The average molecular weight is 382 g/mol. The third kappa shape index (κ3) is 4.53. The van der Waals surface area contributed by atoms with E-state index in [1.165, 1.54) is 36.5 Å². The van der Waals surface area contributed by atoms with Crippen molar-refractivity contribution in [2.24, 2.45) is 0 Å². The largest absolute Gasteiger partial charge is 0.322 e. The number of rotatable bonds is 5. The molecule has 0 saturated carbocycles. The van der Waals surface area contributed by atoms with Gasteiger partial charge >= 0.3 is 0 Å². The van der Waals surface area contributed by atoms with E-state index in [0.29, 0.717) is 21.9 Å². The molecular formula is C18H14N4O4S. The van der Waals surface area contributed by atoms with Gasteiger partial charge in [-0.1, -0.05) is 23.5 Å². The summed E-state index contributed by atoms with van der Waals surface area (Å²) in [7, 11) is 0. The van der Waals surface area contributed by atoms with Gasteiger partial charge in [0.25, 0.3) is 5.69 Å². The lowest BCUT2D eigenvalue weighted by atomic mass is 10.1. The van der Waals surface area contributed by atoms with Crippen LogP contribution in [0.1, 0.15) is 12.5 Å². The zero-order valence-corrected chi connectivity index (χ0v) is 14.9. The molecule has 3 rings (SSSR count). The number of anilines is 2. The van der Waals surface area contributed by atoms with E-state index in [-0.39, 0.29) is 11.6 Å². The van der Waals surface area contributed by atoms with Gasteiger partial charge in [0.05, 0.1) is 20.7 Å². The topological polar surface area (TPSA) is 114 Å². The van der Waals surface area contributed by atoms with Crippen molar-refractivity contribution in [1.82, 2.24) is 4.98 Å². The molecule has 9 heteroatoms. The van der Waals surface area contributed by atoms with Gasteiger partial charge in [-0.25, -0.2) is 4.98 Å². The monoisotopic (exact) mass is 382 g/mol. The summed E-state index contributed by atoms with van der Waals surface area (Å²) in [4.78, 5) is 38.0. The molecule has 0 bridgehead atoms. The van der Waals surface area contributed by atoms with E-state index in [0.717, 1.165) is 4.70 Å². The van der Waals surface area contributed by atoms with Crippen molar-refractivity contribution in [2.75, 3.05) is 10.6 Å². The highest BCUT2D eigenvalue weighted by molar-refractivity contribution is 7.22. The number of nitrogens with zero attached hydrogens (tertiary/aromatic N) is 2. The molecule has 0 aliphatic rings. The average Bonchev–Trinajstić information content (AvgIpc) is 3.00. The zero-order chi connectivity index (χ0) is 19.4. The fourth-order valence-electron chi connectivity index (χ4n) is 2.35. The quantitative estimate of drug-likeness (QED) is 0.396.